The Kier molecular flexibility index (Phi) is 6.17. The summed E-state index contributed by atoms with van der Waals surface area (Å²) in [6, 6.07) is 10.7. The number of hydrogen-bond acceptors (Lipinski definition) is 6. The lowest BCUT2D eigenvalue weighted by atomic mass is 10.0. The minimum absolute atomic E-state index is 0.0333. The van der Waals surface area contributed by atoms with Crippen LogP contribution in [0.3, 0.4) is 0 Å². The van der Waals surface area contributed by atoms with E-state index in [9.17, 15) is 13.6 Å². The van der Waals surface area contributed by atoms with Crippen molar-refractivity contribution in [1.82, 2.24) is 15.0 Å². The Hall–Kier alpha value is -2.95. The molecule has 0 atom stereocenters. The average Bonchev–Trinajstić information content (AvgIpc) is 3.67. The van der Waals surface area contributed by atoms with Crippen molar-refractivity contribution in [2.45, 2.75) is 55.8 Å². The quantitative estimate of drug-likeness (QED) is 0.225. The Morgan fingerprint density at radius 1 is 1.13 bits per heavy atom. The standard InChI is InChI=1S/C29H23BrF2N4O2S/c30-26-21-15-38-14-20(21)19-7-4-16(10-23(19)35-26)13-36(28(37)18-11-33-27(34-12-18)17-5-6-17)24-3-1-2-22-25(24)39-9-8-29(22,31)32/h1-4,7,10-12,17H,5-6,8-9,13-15H2. The van der Waals surface area contributed by atoms with Crippen molar-refractivity contribution >= 4 is 50.2 Å². The van der Waals surface area contributed by atoms with Gasteiger partial charge in [0.15, 0.2) is 0 Å². The fraction of sp³-hybridized carbons (Fsp3) is 0.310. The van der Waals surface area contributed by atoms with Gasteiger partial charge >= 0.3 is 0 Å². The lowest BCUT2D eigenvalue weighted by molar-refractivity contribution is -0.0115. The summed E-state index contributed by atoms with van der Waals surface area (Å²) in [5.41, 5.74) is 4.52. The minimum Gasteiger partial charge on any atom is -0.372 e. The first-order valence-corrected chi connectivity index (χ1v) is 14.6. The third kappa shape index (κ3) is 4.52. The average molecular weight is 609 g/mol. The molecule has 39 heavy (non-hydrogen) atoms. The van der Waals surface area contributed by atoms with Crippen LogP contribution in [0.15, 0.2) is 58.3 Å². The molecule has 0 spiro atoms. The van der Waals surface area contributed by atoms with Crippen LogP contribution in [0.25, 0.3) is 10.9 Å². The van der Waals surface area contributed by atoms with E-state index in [4.69, 9.17) is 9.72 Å². The van der Waals surface area contributed by atoms with Gasteiger partial charge in [-0.2, -0.15) is 0 Å². The summed E-state index contributed by atoms with van der Waals surface area (Å²) in [7, 11) is 0. The number of fused-ring (bicyclic) bond motifs is 4. The van der Waals surface area contributed by atoms with Crippen molar-refractivity contribution in [3.63, 3.8) is 0 Å². The number of hydrogen-bond donors (Lipinski definition) is 0. The Morgan fingerprint density at radius 3 is 2.72 bits per heavy atom. The number of amides is 1. The SMILES string of the molecule is O=C(c1cnc(C2CC2)nc1)N(Cc1ccc2c3c(c(Br)nc2c1)COC3)c1cccc2c1SCCC2(F)F. The van der Waals surface area contributed by atoms with E-state index in [1.165, 1.54) is 17.8 Å². The predicted molar refractivity (Wildman–Crippen MR) is 148 cm³/mol. The Balaban J connectivity index is 1.31. The summed E-state index contributed by atoms with van der Waals surface area (Å²) >= 11 is 4.93. The number of carbonyl (C=O) groups is 1. The molecule has 1 amide bonds. The summed E-state index contributed by atoms with van der Waals surface area (Å²) < 4.78 is 36.1. The molecule has 1 saturated carbocycles. The number of aromatic nitrogens is 3. The second-order valence-electron chi connectivity index (χ2n) is 10.2. The lowest BCUT2D eigenvalue weighted by Gasteiger charge is -2.31. The van der Waals surface area contributed by atoms with E-state index in [1.807, 2.05) is 18.2 Å². The lowest BCUT2D eigenvalue weighted by Crippen LogP contribution is -2.32. The zero-order valence-electron chi connectivity index (χ0n) is 20.8. The summed E-state index contributed by atoms with van der Waals surface area (Å²) in [5, 5.41) is 1.00. The molecule has 0 bridgehead atoms. The number of rotatable bonds is 5. The molecule has 3 aliphatic rings. The van der Waals surface area contributed by atoms with Crippen molar-refractivity contribution < 1.29 is 18.3 Å². The zero-order chi connectivity index (χ0) is 26.7. The third-order valence-corrected chi connectivity index (χ3v) is 9.28. The fourth-order valence-corrected chi connectivity index (χ4v) is 7.06. The molecule has 2 aliphatic heterocycles. The van der Waals surface area contributed by atoms with Gasteiger partial charge in [0.2, 0.25) is 0 Å². The molecule has 0 radical (unpaired) electrons. The van der Waals surface area contributed by atoms with E-state index in [0.29, 0.717) is 35.3 Å². The van der Waals surface area contributed by atoms with E-state index in [-0.39, 0.29) is 30.2 Å². The Labute approximate surface area is 236 Å². The summed E-state index contributed by atoms with van der Waals surface area (Å²) in [6.07, 6.45) is 4.99. The minimum atomic E-state index is -2.94. The maximum Gasteiger partial charge on any atom is 0.275 e. The second kappa shape index (κ2) is 9.60. The molecule has 1 aliphatic carbocycles. The van der Waals surface area contributed by atoms with Crippen molar-refractivity contribution in [1.29, 1.82) is 0 Å². The number of thioether (sulfide) groups is 1. The summed E-state index contributed by atoms with van der Waals surface area (Å²) in [6.45, 7) is 1.22. The molecule has 6 nitrogen and oxygen atoms in total. The van der Waals surface area contributed by atoms with Gasteiger partial charge in [0.1, 0.15) is 10.4 Å². The van der Waals surface area contributed by atoms with Gasteiger partial charge in [-0.15, -0.1) is 11.8 Å². The summed E-state index contributed by atoms with van der Waals surface area (Å²) in [5.74, 6) is -1.90. The molecule has 7 rings (SSSR count). The van der Waals surface area contributed by atoms with Gasteiger partial charge in [0.05, 0.1) is 36.5 Å². The van der Waals surface area contributed by atoms with Gasteiger partial charge in [-0.25, -0.2) is 23.7 Å². The summed E-state index contributed by atoms with van der Waals surface area (Å²) in [4.78, 5) is 29.6. The number of benzene rings is 2. The van der Waals surface area contributed by atoms with E-state index >= 15 is 0 Å². The molecule has 198 valence electrons. The van der Waals surface area contributed by atoms with E-state index < -0.39 is 5.92 Å². The highest BCUT2D eigenvalue weighted by Gasteiger charge is 2.39. The number of halogens is 3. The molecule has 4 heterocycles. The van der Waals surface area contributed by atoms with Crippen LogP contribution < -0.4 is 4.90 Å². The van der Waals surface area contributed by atoms with Gasteiger partial charge in [-0.3, -0.25) is 4.79 Å². The Morgan fingerprint density at radius 2 is 1.92 bits per heavy atom. The van der Waals surface area contributed by atoms with Crippen molar-refractivity contribution in [2.75, 3.05) is 10.7 Å². The van der Waals surface area contributed by atoms with Crippen molar-refractivity contribution in [2.24, 2.45) is 0 Å². The van der Waals surface area contributed by atoms with Gasteiger partial charge in [0, 0.05) is 51.9 Å². The number of nitrogens with zero attached hydrogens (tertiary/aromatic N) is 4. The zero-order valence-corrected chi connectivity index (χ0v) is 23.2. The first-order valence-electron chi connectivity index (χ1n) is 12.8. The maximum absolute atomic E-state index is 14.9. The van der Waals surface area contributed by atoms with Crippen molar-refractivity contribution in [3.05, 3.63) is 87.0 Å². The normalized spacial score (nSPS) is 17.6. The second-order valence-corrected chi connectivity index (χ2v) is 12.0. The molecule has 10 heteroatoms. The highest BCUT2D eigenvalue weighted by atomic mass is 79.9. The highest BCUT2D eigenvalue weighted by Crippen LogP contribution is 2.48. The largest absolute Gasteiger partial charge is 0.372 e. The van der Waals surface area contributed by atoms with E-state index in [1.54, 1.807) is 29.4 Å². The van der Waals surface area contributed by atoms with Crippen LogP contribution in [0.1, 0.15) is 63.6 Å². The maximum atomic E-state index is 14.9. The first-order chi connectivity index (χ1) is 18.9. The van der Waals surface area contributed by atoms with Crippen LogP contribution in [0.5, 0.6) is 0 Å². The van der Waals surface area contributed by atoms with Gasteiger partial charge in [-0.05, 0) is 52.0 Å². The molecule has 2 aromatic heterocycles. The molecule has 0 N–H and O–H groups in total. The number of carbonyl (C=O) groups excluding carboxylic acids is 1. The molecular weight excluding hydrogens is 586 g/mol. The molecule has 1 fully saturated rings. The van der Waals surface area contributed by atoms with Gasteiger partial charge in [0.25, 0.3) is 11.8 Å². The molecule has 2 aromatic carbocycles. The van der Waals surface area contributed by atoms with E-state index in [2.05, 4.69) is 25.9 Å². The van der Waals surface area contributed by atoms with Crippen LogP contribution in [0.2, 0.25) is 0 Å². The number of ether oxygens (including phenoxy) is 1. The molecule has 4 aromatic rings. The molecule has 0 unspecified atom stereocenters. The number of anilines is 1. The van der Waals surface area contributed by atoms with Crippen molar-refractivity contribution in [3.8, 4) is 0 Å². The molecular formula is C29H23BrF2N4O2S. The topological polar surface area (TPSA) is 68.2 Å². The number of alkyl halides is 2. The fourth-order valence-electron chi connectivity index (χ4n) is 5.25. The molecule has 0 saturated heterocycles. The van der Waals surface area contributed by atoms with Crippen LogP contribution in [0, 0.1) is 0 Å². The number of pyridine rings is 1. The monoisotopic (exact) mass is 608 g/mol. The predicted octanol–water partition coefficient (Wildman–Crippen LogP) is 7.13. The van der Waals surface area contributed by atoms with Gasteiger partial charge in [-0.1, -0.05) is 24.3 Å². The highest BCUT2D eigenvalue weighted by molar-refractivity contribution is 9.10. The van der Waals surface area contributed by atoms with Crippen LogP contribution in [-0.2, 0) is 30.4 Å². The Bertz CT molecular complexity index is 1630. The van der Waals surface area contributed by atoms with Gasteiger partial charge < -0.3 is 9.64 Å². The van der Waals surface area contributed by atoms with Crippen LogP contribution in [0.4, 0.5) is 14.5 Å². The van der Waals surface area contributed by atoms with Crippen LogP contribution in [-0.4, -0.2) is 26.6 Å². The van der Waals surface area contributed by atoms with Crippen LogP contribution >= 0.6 is 27.7 Å². The first kappa shape index (κ1) is 25.0. The smallest absolute Gasteiger partial charge is 0.275 e. The third-order valence-electron chi connectivity index (χ3n) is 7.50. The van der Waals surface area contributed by atoms with E-state index in [0.717, 1.165) is 50.9 Å².